The lowest BCUT2D eigenvalue weighted by Crippen LogP contribution is -2.29. The van der Waals surface area contributed by atoms with Gasteiger partial charge < -0.3 is 14.6 Å². The van der Waals surface area contributed by atoms with Crippen LogP contribution in [-0.2, 0) is 9.59 Å². The van der Waals surface area contributed by atoms with E-state index in [1.807, 2.05) is 24.3 Å². The number of Topliss-reactive ketones (excluding diaryl/α,β-unsaturated/α-hetero) is 1. The molecule has 5 rings (SSSR count). The molecule has 2 aromatic carbocycles. The van der Waals surface area contributed by atoms with Gasteiger partial charge in [0, 0.05) is 17.1 Å². The first-order valence-electron chi connectivity index (χ1n) is 10.7. The van der Waals surface area contributed by atoms with E-state index < -0.39 is 17.7 Å². The summed E-state index contributed by atoms with van der Waals surface area (Å²) in [6, 6.07) is 11.9. The molecule has 3 heterocycles. The number of fused-ring (bicyclic) bond motifs is 1. The summed E-state index contributed by atoms with van der Waals surface area (Å²) >= 11 is 1.26. The van der Waals surface area contributed by atoms with Crippen LogP contribution in [-0.4, -0.2) is 35.0 Å². The van der Waals surface area contributed by atoms with Gasteiger partial charge in [0.2, 0.25) is 0 Å². The van der Waals surface area contributed by atoms with Gasteiger partial charge >= 0.3 is 5.91 Å². The lowest BCUT2D eigenvalue weighted by Gasteiger charge is -2.23. The van der Waals surface area contributed by atoms with Crippen molar-refractivity contribution in [2.45, 2.75) is 25.8 Å². The number of carbonyl (C=O) groups is 2. The molecule has 1 fully saturated rings. The number of aliphatic hydroxyl groups is 1. The quantitative estimate of drug-likeness (QED) is 0.345. The Labute approximate surface area is 194 Å². The van der Waals surface area contributed by atoms with Crippen molar-refractivity contribution in [3.63, 3.8) is 0 Å². The van der Waals surface area contributed by atoms with E-state index in [0.29, 0.717) is 46.9 Å². The zero-order chi connectivity index (χ0) is 23.1. The van der Waals surface area contributed by atoms with Gasteiger partial charge in [-0.3, -0.25) is 14.5 Å². The maximum Gasteiger partial charge on any atom is 0.301 e. The van der Waals surface area contributed by atoms with Crippen molar-refractivity contribution in [1.29, 1.82) is 0 Å². The van der Waals surface area contributed by atoms with Crippen LogP contribution in [0.2, 0.25) is 0 Å². The summed E-state index contributed by atoms with van der Waals surface area (Å²) in [4.78, 5) is 31.9. The summed E-state index contributed by atoms with van der Waals surface area (Å²) in [5.74, 6) is -0.346. The minimum Gasteiger partial charge on any atom is -0.507 e. The van der Waals surface area contributed by atoms with Gasteiger partial charge in [-0.2, -0.15) is 0 Å². The van der Waals surface area contributed by atoms with Crippen LogP contribution in [0, 0.1) is 0 Å². The Hall–Kier alpha value is -3.65. The topological polar surface area (TPSA) is 89.0 Å². The molecule has 8 heteroatoms. The number of hydrogen-bond acceptors (Lipinski definition) is 7. The highest BCUT2D eigenvalue weighted by Gasteiger charge is 2.48. The third-order valence-electron chi connectivity index (χ3n) is 5.80. The number of aromatic nitrogens is 1. The lowest BCUT2D eigenvalue weighted by atomic mass is 9.93. The first kappa shape index (κ1) is 21.2. The molecule has 1 amide bonds. The van der Waals surface area contributed by atoms with Crippen LogP contribution in [0.3, 0.4) is 0 Å². The Morgan fingerprint density at radius 1 is 1.09 bits per heavy atom. The summed E-state index contributed by atoms with van der Waals surface area (Å²) < 4.78 is 11.2. The van der Waals surface area contributed by atoms with Crippen LogP contribution in [0.4, 0.5) is 5.13 Å². The highest BCUT2D eigenvalue weighted by molar-refractivity contribution is 7.14. The van der Waals surface area contributed by atoms with E-state index in [4.69, 9.17) is 9.47 Å². The number of carbonyl (C=O) groups excluding carboxylic acids is 2. The minimum atomic E-state index is -0.800. The number of rotatable bonds is 4. The van der Waals surface area contributed by atoms with E-state index in [9.17, 15) is 14.7 Å². The largest absolute Gasteiger partial charge is 0.507 e. The molecule has 0 aliphatic carbocycles. The normalized spacial score (nSPS) is 19.4. The van der Waals surface area contributed by atoms with E-state index in [1.54, 1.807) is 29.8 Å². The van der Waals surface area contributed by atoms with Crippen LogP contribution < -0.4 is 14.4 Å². The second-order valence-corrected chi connectivity index (χ2v) is 9.04. The molecular formula is C25H22N2O5S. The van der Waals surface area contributed by atoms with Gasteiger partial charge in [-0.25, -0.2) is 4.98 Å². The summed E-state index contributed by atoms with van der Waals surface area (Å²) in [5.41, 5.74) is 2.24. The summed E-state index contributed by atoms with van der Waals surface area (Å²) in [6.45, 7) is 5.04. The lowest BCUT2D eigenvalue weighted by molar-refractivity contribution is -0.132. The van der Waals surface area contributed by atoms with Crippen LogP contribution >= 0.6 is 11.3 Å². The molecule has 0 bridgehead atoms. The number of ketones is 1. The number of aliphatic hydroxyl groups excluding tert-OH is 1. The average molecular weight is 463 g/mol. The average Bonchev–Trinajstić information content (AvgIpc) is 3.45. The van der Waals surface area contributed by atoms with Crippen molar-refractivity contribution in [3.05, 3.63) is 76.3 Å². The first-order valence-corrected chi connectivity index (χ1v) is 11.5. The number of amides is 1. The van der Waals surface area contributed by atoms with Gasteiger partial charge in [0.25, 0.3) is 5.78 Å². The maximum absolute atomic E-state index is 13.2. The van der Waals surface area contributed by atoms with E-state index >= 15 is 0 Å². The molecule has 7 nitrogen and oxygen atoms in total. The molecule has 1 atom stereocenters. The summed E-state index contributed by atoms with van der Waals surface area (Å²) in [5, 5.41) is 13.4. The second kappa shape index (κ2) is 8.37. The fourth-order valence-electron chi connectivity index (χ4n) is 4.09. The van der Waals surface area contributed by atoms with Crippen LogP contribution in [0.25, 0.3) is 5.76 Å². The van der Waals surface area contributed by atoms with Gasteiger partial charge in [-0.15, -0.1) is 11.3 Å². The van der Waals surface area contributed by atoms with Crippen molar-refractivity contribution < 1.29 is 24.2 Å². The summed E-state index contributed by atoms with van der Waals surface area (Å²) in [7, 11) is 0. The van der Waals surface area contributed by atoms with E-state index in [0.717, 1.165) is 5.56 Å². The standard InChI is InChI=1S/C25H22N2O5S/c1-14(2)15-3-5-16(6-4-15)21-20(23(29)24(30)27(21)25-26-9-12-33-25)22(28)17-7-8-18-19(13-17)32-11-10-31-18/h3-9,12-14,21,28H,10-11H2,1-2H3/b22-20-. The zero-order valence-electron chi connectivity index (χ0n) is 18.1. The van der Waals surface area contributed by atoms with Gasteiger partial charge in [-0.1, -0.05) is 38.1 Å². The molecular weight excluding hydrogens is 440 g/mol. The molecule has 2 aliphatic heterocycles. The highest BCUT2D eigenvalue weighted by Crippen LogP contribution is 2.43. The van der Waals surface area contributed by atoms with E-state index in [2.05, 4.69) is 18.8 Å². The molecule has 2 aliphatic rings. The van der Waals surface area contributed by atoms with Crippen LogP contribution in [0.15, 0.2) is 59.6 Å². The number of nitrogens with zero attached hydrogens (tertiary/aromatic N) is 2. The Kier molecular flexibility index (Phi) is 5.38. The van der Waals surface area contributed by atoms with Crippen LogP contribution in [0.1, 0.15) is 42.5 Å². The third-order valence-corrected chi connectivity index (χ3v) is 6.57. The fraction of sp³-hybridized carbons (Fsp3) is 0.240. The predicted octanol–water partition coefficient (Wildman–Crippen LogP) is 4.66. The monoisotopic (exact) mass is 462 g/mol. The molecule has 0 radical (unpaired) electrons. The molecule has 0 saturated carbocycles. The number of thiazole rings is 1. The van der Waals surface area contributed by atoms with Gasteiger partial charge in [0.1, 0.15) is 19.0 Å². The molecule has 0 spiro atoms. The fourth-order valence-corrected chi connectivity index (χ4v) is 4.76. The molecule has 1 aromatic heterocycles. The van der Waals surface area contributed by atoms with Crippen LogP contribution in [0.5, 0.6) is 11.5 Å². The first-order chi connectivity index (χ1) is 16.0. The molecule has 168 valence electrons. The molecule has 33 heavy (non-hydrogen) atoms. The molecule has 3 aromatic rings. The van der Waals surface area contributed by atoms with E-state index in [1.165, 1.54) is 16.2 Å². The molecule has 1 saturated heterocycles. The van der Waals surface area contributed by atoms with Crippen molar-refractivity contribution in [2.24, 2.45) is 0 Å². The third kappa shape index (κ3) is 3.66. The zero-order valence-corrected chi connectivity index (χ0v) is 19.0. The Morgan fingerprint density at radius 2 is 1.82 bits per heavy atom. The predicted molar refractivity (Wildman–Crippen MR) is 125 cm³/mol. The van der Waals surface area contributed by atoms with Gasteiger partial charge in [-0.05, 0) is 35.2 Å². The number of hydrogen-bond donors (Lipinski definition) is 1. The van der Waals surface area contributed by atoms with Gasteiger partial charge in [0.05, 0.1) is 11.6 Å². The Balaban J connectivity index is 1.66. The highest BCUT2D eigenvalue weighted by atomic mass is 32.1. The van der Waals surface area contributed by atoms with Crippen molar-refractivity contribution in [2.75, 3.05) is 18.1 Å². The maximum atomic E-state index is 13.2. The van der Waals surface area contributed by atoms with Crippen molar-refractivity contribution in [1.82, 2.24) is 4.98 Å². The Morgan fingerprint density at radius 3 is 2.48 bits per heavy atom. The smallest absolute Gasteiger partial charge is 0.301 e. The number of ether oxygens (including phenoxy) is 2. The number of anilines is 1. The Bertz CT molecular complexity index is 1250. The molecule has 1 N–H and O–H groups in total. The van der Waals surface area contributed by atoms with Crippen molar-refractivity contribution in [3.8, 4) is 11.5 Å². The molecule has 1 unspecified atom stereocenters. The van der Waals surface area contributed by atoms with E-state index in [-0.39, 0.29) is 11.3 Å². The van der Waals surface area contributed by atoms with Crippen molar-refractivity contribution >= 4 is 33.9 Å². The summed E-state index contributed by atoms with van der Waals surface area (Å²) in [6.07, 6.45) is 1.58. The SMILES string of the molecule is CC(C)c1ccc(C2/C(=C(/O)c3ccc4c(c3)OCCO4)C(=O)C(=O)N2c2nccs2)cc1. The second-order valence-electron chi connectivity index (χ2n) is 8.16. The van der Waals surface area contributed by atoms with Gasteiger partial charge in [0.15, 0.2) is 16.6 Å². The number of benzene rings is 2. The minimum absolute atomic E-state index is 0.0178.